The molecule has 0 unspecified atom stereocenters. The Morgan fingerprint density at radius 2 is 1.69 bits per heavy atom. The summed E-state index contributed by atoms with van der Waals surface area (Å²) < 4.78 is 12.2. The first-order valence-corrected chi connectivity index (χ1v) is 12.9. The molecule has 0 spiro atoms. The molecule has 1 aliphatic carbocycles. The lowest BCUT2D eigenvalue weighted by molar-refractivity contribution is 0.0518. The van der Waals surface area contributed by atoms with Gasteiger partial charge in [0.15, 0.2) is 5.69 Å². The molecule has 1 saturated carbocycles. The topological polar surface area (TPSA) is 82.5 Å². The van der Waals surface area contributed by atoms with Gasteiger partial charge >= 0.3 is 5.97 Å². The van der Waals surface area contributed by atoms with Gasteiger partial charge in [-0.1, -0.05) is 43.5 Å². The molecule has 4 rings (SSSR count). The molecule has 1 heterocycles. The molecule has 1 fully saturated rings. The van der Waals surface area contributed by atoms with Gasteiger partial charge in [0.05, 0.1) is 24.6 Å². The molecule has 2 aromatic carbocycles. The number of hydrogen-bond donors (Lipinski definition) is 1. The molecule has 1 amide bonds. The fourth-order valence-electron chi connectivity index (χ4n) is 4.69. The normalized spacial score (nSPS) is 13.9. The lowest BCUT2D eigenvalue weighted by atomic mass is 9.84. The van der Waals surface area contributed by atoms with Crippen LogP contribution in [0, 0.1) is 0 Å². The molecular weight excluding hydrogens is 454 g/mol. The fraction of sp³-hybridized carbons (Fsp3) is 0.414. The van der Waals surface area contributed by atoms with Crippen LogP contribution in [0.1, 0.15) is 78.3 Å². The van der Waals surface area contributed by atoms with E-state index in [-0.39, 0.29) is 18.2 Å². The van der Waals surface area contributed by atoms with Crippen molar-refractivity contribution in [3.05, 3.63) is 71.4 Å². The highest BCUT2D eigenvalue weighted by atomic mass is 16.5. The second kappa shape index (κ2) is 12.5. The Balaban J connectivity index is 1.59. The zero-order valence-electron chi connectivity index (χ0n) is 21.2. The Hall–Kier alpha value is -3.45. The summed E-state index contributed by atoms with van der Waals surface area (Å²) in [5.41, 5.74) is 4.68. The average Bonchev–Trinajstić information content (AvgIpc) is 3.38. The van der Waals surface area contributed by atoms with Crippen LogP contribution < -0.4 is 5.32 Å². The third-order valence-corrected chi connectivity index (χ3v) is 6.59. The van der Waals surface area contributed by atoms with Crippen molar-refractivity contribution in [1.82, 2.24) is 15.1 Å². The molecule has 1 N–H and O–H groups in total. The standard InChI is InChI=1S/C29H35N3O4/c1-3-35-19-18-30-28(33)24-14-16-25(17-15-24)32-27(20-26(31-32)29(34)36-4-2)23-12-10-22(11-13-23)21-8-6-5-7-9-21/h10-17,20-21H,3-9,18-19H2,1-2H3,(H,30,33). The van der Waals surface area contributed by atoms with Crippen molar-refractivity contribution in [2.45, 2.75) is 51.9 Å². The summed E-state index contributed by atoms with van der Waals surface area (Å²) in [5, 5.41) is 7.41. The van der Waals surface area contributed by atoms with Crippen LogP contribution in [-0.2, 0) is 9.47 Å². The molecule has 1 aromatic heterocycles. The van der Waals surface area contributed by atoms with Crippen LogP contribution >= 0.6 is 0 Å². The third kappa shape index (κ3) is 6.21. The Morgan fingerprint density at radius 3 is 2.36 bits per heavy atom. The van der Waals surface area contributed by atoms with Crippen molar-refractivity contribution in [3.63, 3.8) is 0 Å². The van der Waals surface area contributed by atoms with Gasteiger partial charge in [-0.3, -0.25) is 4.79 Å². The van der Waals surface area contributed by atoms with Crippen molar-refractivity contribution in [2.75, 3.05) is 26.4 Å². The molecule has 190 valence electrons. The van der Waals surface area contributed by atoms with E-state index in [0.717, 1.165) is 16.9 Å². The quantitative estimate of drug-likeness (QED) is 0.299. The number of esters is 1. The highest BCUT2D eigenvalue weighted by Gasteiger charge is 2.19. The van der Waals surface area contributed by atoms with E-state index in [4.69, 9.17) is 9.47 Å². The van der Waals surface area contributed by atoms with E-state index in [1.54, 1.807) is 29.8 Å². The molecule has 0 bridgehead atoms. The first-order valence-electron chi connectivity index (χ1n) is 12.9. The van der Waals surface area contributed by atoms with Crippen molar-refractivity contribution in [3.8, 4) is 16.9 Å². The van der Waals surface area contributed by atoms with E-state index in [9.17, 15) is 9.59 Å². The Labute approximate surface area is 212 Å². The Morgan fingerprint density at radius 1 is 0.972 bits per heavy atom. The van der Waals surface area contributed by atoms with Crippen LogP contribution in [0.15, 0.2) is 54.6 Å². The average molecular weight is 490 g/mol. The van der Waals surface area contributed by atoms with Crippen molar-refractivity contribution in [2.24, 2.45) is 0 Å². The zero-order valence-corrected chi connectivity index (χ0v) is 21.2. The number of carbonyl (C=O) groups is 2. The minimum Gasteiger partial charge on any atom is -0.461 e. The van der Waals surface area contributed by atoms with E-state index < -0.39 is 5.97 Å². The van der Waals surface area contributed by atoms with Gasteiger partial charge in [0.1, 0.15) is 0 Å². The van der Waals surface area contributed by atoms with Gasteiger partial charge in [0.25, 0.3) is 5.91 Å². The monoisotopic (exact) mass is 489 g/mol. The Kier molecular flexibility index (Phi) is 8.90. The van der Waals surface area contributed by atoms with Gasteiger partial charge < -0.3 is 14.8 Å². The third-order valence-electron chi connectivity index (χ3n) is 6.59. The smallest absolute Gasteiger partial charge is 0.358 e. The lowest BCUT2D eigenvalue weighted by Crippen LogP contribution is -2.27. The molecule has 7 heteroatoms. The first kappa shape index (κ1) is 25.6. The molecule has 0 atom stereocenters. The predicted molar refractivity (Wildman–Crippen MR) is 140 cm³/mol. The van der Waals surface area contributed by atoms with Crippen molar-refractivity contribution >= 4 is 11.9 Å². The number of nitrogens with zero attached hydrogens (tertiary/aromatic N) is 2. The zero-order chi connectivity index (χ0) is 25.3. The SMILES string of the molecule is CCOCCNC(=O)c1ccc(-n2nc(C(=O)OCC)cc2-c2ccc(C3CCCCC3)cc2)cc1. The lowest BCUT2D eigenvalue weighted by Gasteiger charge is -2.22. The largest absolute Gasteiger partial charge is 0.461 e. The highest BCUT2D eigenvalue weighted by Crippen LogP contribution is 2.34. The molecule has 1 aliphatic rings. The highest BCUT2D eigenvalue weighted by molar-refractivity contribution is 5.94. The van der Waals surface area contributed by atoms with Gasteiger partial charge in [0.2, 0.25) is 0 Å². The van der Waals surface area contributed by atoms with E-state index in [0.29, 0.717) is 31.2 Å². The summed E-state index contributed by atoms with van der Waals surface area (Å²) in [7, 11) is 0. The van der Waals surface area contributed by atoms with E-state index in [1.807, 2.05) is 19.1 Å². The molecule has 0 radical (unpaired) electrons. The maximum Gasteiger partial charge on any atom is 0.358 e. The Bertz CT molecular complexity index is 1150. The molecule has 36 heavy (non-hydrogen) atoms. The van der Waals surface area contributed by atoms with E-state index in [1.165, 1.54) is 37.7 Å². The van der Waals surface area contributed by atoms with Crippen molar-refractivity contribution in [1.29, 1.82) is 0 Å². The number of rotatable bonds is 10. The number of nitrogens with one attached hydrogen (secondary N) is 1. The summed E-state index contributed by atoms with van der Waals surface area (Å²) in [4.78, 5) is 24.9. The molecule has 3 aromatic rings. The van der Waals surface area contributed by atoms with Gasteiger partial charge in [-0.2, -0.15) is 5.10 Å². The minimum absolute atomic E-state index is 0.160. The number of hydrogen-bond acceptors (Lipinski definition) is 5. The van der Waals surface area contributed by atoms with Crippen LogP contribution in [0.5, 0.6) is 0 Å². The summed E-state index contributed by atoms with van der Waals surface area (Å²) >= 11 is 0. The molecule has 7 nitrogen and oxygen atoms in total. The van der Waals surface area contributed by atoms with Gasteiger partial charge in [0, 0.05) is 24.3 Å². The minimum atomic E-state index is -0.457. The van der Waals surface area contributed by atoms with Crippen LogP contribution in [-0.4, -0.2) is 48.0 Å². The van der Waals surface area contributed by atoms with Crippen molar-refractivity contribution < 1.29 is 19.1 Å². The summed E-state index contributed by atoms with van der Waals surface area (Å²) in [6.07, 6.45) is 6.41. The molecule has 0 saturated heterocycles. The van der Waals surface area contributed by atoms with Crippen LogP contribution in [0.2, 0.25) is 0 Å². The number of benzene rings is 2. The maximum atomic E-state index is 12.5. The summed E-state index contributed by atoms with van der Waals surface area (Å²) in [5.74, 6) is 0.00843. The first-order chi connectivity index (χ1) is 17.6. The van der Waals surface area contributed by atoms with Gasteiger partial charge in [-0.15, -0.1) is 0 Å². The van der Waals surface area contributed by atoms with E-state index in [2.05, 4.69) is 34.7 Å². The summed E-state index contributed by atoms with van der Waals surface area (Å²) in [6, 6.07) is 17.5. The maximum absolute atomic E-state index is 12.5. The van der Waals surface area contributed by atoms with E-state index >= 15 is 0 Å². The molecule has 0 aliphatic heterocycles. The number of aromatic nitrogens is 2. The summed E-state index contributed by atoms with van der Waals surface area (Å²) in [6.45, 7) is 5.53. The number of ether oxygens (including phenoxy) is 2. The van der Waals surface area contributed by atoms with Crippen LogP contribution in [0.3, 0.4) is 0 Å². The van der Waals surface area contributed by atoms with Crippen LogP contribution in [0.25, 0.3) is 16.9 Å². The van der Waals surface area contributed by atoms with Crippen LogP contribution in [0.4, 0.5) is 0 Å². The van der Waals surface area contributed by atoms with Gasteiger partial charge in [-0.05, 0) is 68.5 Å². The predicted octanol–water partition coefficient (Wildman–Crippen LogP) is 5.53. The number of carbonyl (C=O) groups excluding carboxylic acids is 2. The van der Waals surface area contributed by atoms with Gasteiger partial charge in [-0.25, -0.2) is 9.48 Å². The number of amides is 1. The molecular formula is C29H35N3O4. The second-order valence-electron chi connectivity index (χ2n) is 9.00. The fourth-order valence-corrected chi connectivity index (χ4v) is 4.69. The second-order valence-corrected chi connectivity index (χ2v) is 9.00.